The number of aryl methyl sites for hydroxylation is 2. The van der Waals surface area contributed by atoms with E-state index in [2.05, 4.69) is 36.9 Å². The van der Waals surface area contributed by atoms with E-state index in [1.807, 2.05) is 0 Å². The van der Waals surface area contributed by atoms with Gasteiger partial charge in [-0.2, -0.15) is 0 Å². The van der Waals surface area contributed by atoms with E-state index in [1.165, 1.54) is 21.6 Å². The first-order valence-corrected chi connectivity index (χ1v) is 8.14. The van der Waals surface area contributed by atoms with Crippen LogP contribution < -0.4 is 0 Å². The van der Waals surface area contributed by atoms with Gasteiger partial charge in [-0.15, -0.1) is 0 Å². The molecular weight excluding hydrogens is 292 g/mol. The van der Waals surface area contributed by atoms with Crippen LogP contribution in [0, 0.1) is 25.7 Å². The number of hydrogen-bond donors (Lipinski definition) is 0. The van der Waals surface area contributed by atoms with Gasteiger partial charge in [-0.25, -0.2) is 0 Å². The molecule has 5 heteroatoms. The third-order valence-electron chi connectivity index (χ3n) is 4.97. The summed E-state index contributed by atoms with van der Waals surface area (Å²) in [6, 6.07) is 6.43. The lowest BCUT2D eigenvalue weighted by Crippen LogP contribution is -2.37. The molecule has 23 heavy (non-hydrogen) atoms. The first kappa shape index (κ1) is 16.1. The topological polar surface area (TPSA) is 49.9 Å². The van der Waals surface area contributed by atoms with Gasteiger partial charge in [0.05, 0.1) is 25.0 Å². The van der Waals surface area contributed by atoms with Crippen LogP contribution in [-0.2, 0) is 20.9 Å². The number of rotatable bonds is 5. The summed E-state index contributed by atoms with van der Waals surface area (Å²) in [5.41, 5.74) is 3.79. The Morgan fingerprint density at radius 3 is 2.35 bits per heavy atom. The molecule has 0 N–H and O–H groups in total. The van der Waals surface area contributed by atoms with Crippen molar-refractivity contribution in [2.24, 2.45) is 11.8 Å². The largest absolute Gasteiger partial charge is 0.383 e. The predicted molar refractivity (Wildman–Crippen MR) is 86.8 cm³/mol. The van der Waals surface area contributed by atoms with Crippen molar-refractivity contribution in [3.63, 3.8) is 0 Å². The van der Waals surface area contributed by atoms with Crippen molar-refractivity contribution < 1.29 is 14.3 Å². The zero-order valence-corrected chi connectivity index (χ0v) is 14.0. The van der Waals surface area contributed by atoms with Crippen LogP contribution in [0.1, 0.15) is 16.7 Å². The molecule has 124 valence electrons. The van der Waals surface area contributed by atoms with Crippen molar-refractivity contribution in [2.75, 3.05) is 33.4 Å². The number of methoxy groups -OCH3 is 1. The van der Waals surface area contributed by atoms with E-state index < -0.39 is 0 Å². The predicted octanol–water partition coefficient (Wildman–Crippen LogP) is 1.37. The Morgan fingerprint density at radius 2 is 1.78 bits per heavy atom. The number of ether oxygens (including phenoxy) is 1. The molecule has 0 saturated carbocycles. The molecule has 2 fully saturated rings. The van der Waals surface area contributed by atoms with Gasteiger partial charge in [0.1, 0.15) is 0 Å². The van der Waals surface area contributed by atoms with E-state index in [1.54, 1.807) is 7.11 Å². The van der Waals surface area contributed by atoms with E-state index in [-0.39, 0.29) is 23.7 Å². The van der Waals surface area contributed by atoms with Crippen molar-refractivity contribution in [3.8, 4) is 0 Å². The number of carbonyl (C=O) groups excluding carboxylic acids is 2. The number of hydrogen-bond acceptors (Lipinski definition) is 4. The molecule has 0 aliphatic carbocycles. The summed E-state index contributed by atoms with van der Waals surface area (Å²) in [6.45, 7) is 7.13. The van der Waals surface area contributed by atoms with Gasteiger partial charge in [-0.05, 0) is 25.0 Å². The minimum atomic E-state index is -0.176. The maximum absolute atomic E-state index is 12.4. The SMILES string of the molecule is COCCN1C(=O)[C@H]2CN(Cc3ccc(C)cc3C)C[C@H]2C1=O. The van der Waals surface area contributed by atoms with Crippen molar-refractivity contribution in [1.29, 1.82) is 0 Å². The maximum Gasteiger partial charge on any atom is 0.234 e. The Kier molecular flexibility index (Phi) is 4.50. The molecule has 2 atom stereocenters. The molecular formula is C18H24N2O3. The third-order valence-corrected chi connectivity index (χ3v) is 4.97. The van der Waals surface area contributed by atoms with E-state index in [0.717, 1.165) is 6.54 Å². The van der Waals surface area contributed by atoms with E-state index in [9.17, 15) is 9.59 Å². The number of benzene rings is 1. The number of imide groups is 1. The molecule has 2 heterocycles. The zero-order valence-electron chi connectivity index (χ0n) is 14.0. The summed E-state index contributed by atoms with van der Waals surface area (Å²) < 4.78 is 4.99. The van der Waals surface area contributed by atoms with E-state index in [4.69, 9.17) is 4.74 Å². The van der Waals surface area contributed by atoms with Crippen molar-refractivity contribution >= 4 is 11.8 Å². The van der Waals surface area contributed by atoms with Gasteiger partial charge in [0.15, 0.2) is 0 Å². The molecule has 1 aromatic carbocycles. The second-order valence-electron chi connectivity index (χ2n) is 6.66. The Hall–Kier alpha value is -1.72. The maximum atomic E-state index is 12.4. The highest BCUT2D eigenvalue weighted by Crippen LogP contribution is 2.34. The molecule has 2 amide bonds. The average molecular weight is 316 g/mol. The van der Waals surface area contributed by atoms with Gasteiger partial charge in [0, 0.05) is 26.7 Å². The molecule has 0 radical (unpaired) electrons. The summed E-state index contributed by atoms with van der Waals surface area (Å²) in [5.74, 6) is -0.407. The second-order valence-corrected chi connectivity index (χ2v) is 6.66. The number of nitrogens with zero attached hydrogens (tertiary/aromatic N) is 2. The van der Waals surface area contributed by atoms with Gasteiger partial charge in [-0.3, -0.25) is 19.4 Å². The standard InChI is InChI=1S/C18H24N2O3/c1-12-4-5-14(13(2)8-12)9-19-10-15-16(11-19)18(22)20(17(15)21)6-7-23-3/h4-5,8,15-16H,6-7,9-11H2,1-3H3/t15-,16+. The molecule has 0 spiro atoms. The fourth-order valence-electron chi connectivity index (χ4n) is 3.69. The first-order chi connectivity index (χ1) is 11.0. The van der Waals surface area contributed by atoms with Crippen LogP contribution >= 0.6 is 0 Å². The average Bonchev–Trinajstić information content (AvgIpc) is 3.01. The molecule has 2 aliphatic heterocycles. The highest BCUT2D eigenvalue weighted by Gasteiger charge is 2.51. The molecule has 0 aromatic heterocycles. The van der Waals surface area contributed by atoms with Crippen LogP contribution in [0.15, 0.2) is 18.2 Å². The summed E-state index contributed by atoms with van der Waals surface area (Å²) in [4.78, 5) is 28.5. The summed E-state index contributed by atoms with van der Waals surface area (Å²) in [7, 11) is 1.58. The van der Waals surface area contributed by atoms with Crippen molar-refractivity contribution in [2.45, 2.75) is 20.4 Å². The first-order valence-electron chi connectivity index (χ1n) is 8.14. The highest BCUT2D eigenvalue weighted by molar-refractivity contribution is 6.05. The minimum absolute atomic E-state index is 0.0276. The van der Waals surface area contributed by atoms with Gasteiger partial charge in [0.2, 0.25) is 11.8 Å². The van der Waals surface area contributed by atoms with Crippen molar-refractivity contribution in [1.82, 2.24) is 9.80 Å². The molecule has 0 unspecified atom stereocenters. The van der Waals surface area contributed by atoms with E-state index >= 15 is 0 Å². The highest BCUT2D eigenvalue weighted by atomic mass is 16.5. The number of likely N-dealkylation sites (tertiary alicyclic amines) is 2. The Labute approximate surface area is 137 Å². The lowest BCUT2D eigenvalue weighted by atomic mass is 10.00. The summed E-state index contributed by atoms with van der Waals surface area (Å²) >= 11 is 0. The fraction of sp³-hybridized carbons (Fsp3) is 0.556. The molecule has 2 aliphatic rings. The lowest BCUT2D eigenvalue weighted by Gasteiger charge is -2.21. The zero-order chi connectivity index (χ0) is 16.6. The van der Waals surface area contributed by atoms with Crippen LogP contribution in [0.3, 0.4) is 0 Å². The summed E-state index contributed by atoms with van der Waals surface area (Å²) in [5, 5.41) is 0. The number of fused-ring (bicyclic) bond motifs is 1. The molecule has 2 saturated heterocycles. The van der Waals surface area contributed by atoms with Gasteiger partial charge < -0.3 is 4.74 Å². The van der Waals surface area contributed by atoms with Crippen LogP contribution in [0.5, 0.6) is 0 Å². The fourth-order valence-corrected chi connectivity index (χ4v) is 3.69. The van der Waals surface area contributed by atoms with Gasteiger partial charge >= 0.3 is 0 Å². The Bertz CT molecular complexity index is 605. The quantitative estimate of drug-likeness (QED) is 0.770. The van der Waals surface area contributed by atoms with Crippen molar-refractivity contribution in [3.05, 3.63) is 34.9 Å². The van der Waals surface area contributed by atoms with Gasteiger partial charge in [-0.1, -0.05) is 23.8 Å². The number of carbonyl (C=O) groups is 2. The normalized spacial score (nSPS) is 24.6. The Morgan fingerprint density at radius 1 is 1.13 bits per heavy atom. The molecule has 3 rings (SSSR count). The smallest absolute Gasteiger partial charge is 0.234 e. The Balaban J connectivity index is 1.66. The van der Waals surface area contributed by atoms with Crippen LogP contribution in [0.4, 0.5) is 0 Å². The van der Waals surface area contributed by atoms with Crippen LogP contribution in [-0.4, -0.2) is 55.0 Å². The minimum Gasteiger partial charge on any atom is -0.383 e. The monoisotopic (exact) mass is 316 g/mol. The van der Waals surface area contributed by atoms with Crippen LogP contribution in [0.2, 0.25) is 0 Å². The van der Waals surface area contributed by atoms with Gasteiger partial charge in [0.25, 0.3) is 0 Å². The molecule has 1 aromatic rings. The number of amides is 2. The second kappa shape index (κ2) is 6.42. The molecule has 0 bridgehead atoms. The molecule has 5 nitrogen and oxygen atoms in total. The van der Waals surface area contributed by atoms with Crippen LogP contribution in [0.25, 0.3) is 0 Å². The van der Waals surface area contributed by atoms with E-state index in [0.29, 0.717) is 26.2 Å². The summed E-state index contributed by atoms with van der Waals surface area (Å²) in [6.07, 6.45) is 0. The lowest BCUT2D eigenvalue weighted by molar-refractivity contribution is -0.141. The third kappa shape index (κ3) is 3.03.